The van der Waals surface area contributed by atoms with E-state index in [0.29, 0.717) is 6.04 Å². The molecule has 0 bridgehead atoms. The molecular formula is C15H29N3. The van der Waals surface area contributed by atoms with Gasteiger partial charge in [0.2, 0.25) is 0 Å². The van der Waals surface area contributed by atoms with Crippen molar-refractivity contribution in [2.24, 2.45) is 7.05 Å². The van der Waals surface area contributed by atoms with Crippen LogP contribution in [0.25, 0.3) is 0 Å². The van der Waals surface area contributed by atoms with Gasteiger partial charge in [0.1, 0.15) is 0 Å². The largest absolute Gasteiger partial charge is 0.314 e. The minimum Gasteiger partial charge on any atom is -0.314 e. The van der Waals surface area contributed by atoms with Crippen LogP contribution < -0.4 is 5.32 Å². The number of unbranched alkanes of at least 4 members (excludes halogenated alkanes) is 2. The summed E-state index contributed by atoms with van der Waals surface area (Å²) in [5.41, 5.74) is 1.34. The zero-order valence-electron chi connectivity index (χ0n) is 12.3. The smallest absolute Gasteiger partial charge is 0.0492 e. The summed E-state index contributed by atoms with van der Waals surface area (Å²) in [6.07, 6.45) is 10.8. The first-order valence-corrected chi connectivity index (χ1v) is 7.48. The standard InChI is InChI=1S/C15H29N3/c1-4-6-7-8-14(16-12-5-2)9-10-15-11-13-17-18(15)3/h11,13-14,16H,4-10,12H2,1-3H3. The fourth-order valence-corrected chi connectivity index (χ4v) is 2.31. The molecule has 0 aromatic carbocycles. The first-order chi connectivity index (χ1) is 8.77. The fourth-order valence-electron chi connectivity index (χ4n) is 2.31. The molecule has 1 N–H and O–H groups in total. The maximum Gasteiger partial charge on any atom is 0.0492 e. The van der Waals surface area contributed by atoms with Crippen LogP contribution >= 0.6 is 0 Å². The number of aryl methyl sites for hydroxylation is 2. The zero-order valence-corrected chi connectivity index (χ0v) is 12.3. The summed E-state index contributed by atoms with van der Waals surface area (Å²) in [6, 6.07) is 2.80. The summed E-state index contributed by atoms with van der Waals surface area (Å²) in [6.45, 7) is 5.64. The van der Waals surface area contributed by atoms with E-state index < -0.39 is 0 Å². The lowest BCUT2D eigenvalue weighted by Gasteiger charge is -2.18. The van der Waals surface area contributed by atoms with E-state index >= 15 is 0 Å². The van der Waals surface area contributed by atoms with E-state index in [9.17, 15) is 0 Å². The molecule has 0 fully saturated rings. The van der Waals surface area contributed by atoms with E-state index in [-0.39, 0.29) is 0 Å². The number of nitrogens with one attached hydrogen (secondary N) is 1. The molecule has 3 nitrogen and oxygen atoms in total. The Kier molecular flexibility index (Phi) is 7.74. The number of hydrogen-bond donors (Lipinski definition) is 1. The van der Waals surface area contributed by atoms with E-state index in [1.807, 2.05) is 17.9 Å². The van der Waals surface area contributed by atoms with Gasteiger partial charge in [-0.1, -0.05) is 33.1 Å². The summed E-state index contributed by atoms with van der Waals surface area (Å²) < 4.78 is 1.99. The molecule has 0 saturated carbocycles. The van der Waals surface area contributed by atoms with Crippen molar-refractivity contribution in [3.05, 3.63) is 18.0 Å². The highest BCUT2D eigenvalue weighted by molar-refractivity contribution is 5.00. The van der Waals surface area contributed by atoms with Crippen molar-refractivity contribution in [2.45, 2.75) is 64.8 Å². The Hall–Kier alpha value is -0.830. The van der Waals surface area contributed by atoms with Crippen LogP contribution in [0.1, 0.15) is 58.1 Å². The molecule has 1 unspecified atom stereocenters. The molecule has 0 aliphatic heterocycles. The van der Waals surface area contributed by atoms with E-state index in [1.54, 1.807) is 0 Å². The van der Waals surface area contributed by atoms with Gasteiger partial charge < -0.3 is 5.32 Å². The first kappa shape index (κ1) is 15.2. The van der Waals surface area contributed by atoms with Crippen molar-refractivity contribution in [3.8, 4) is 0 Å². The second kappa shape index (κ2) is 9.15. The van der Waals surface area contributed by atoms with Gasteiger partial charge in [0.05, 0.1) is 0 Å². The van der Waals surface area contributed by atoms with Gasteiger partial charge in [-0.3, -0.25) is 4.68 Å². The Morgan fingerprint density at radius 2 is 2.06 bits per heavy atom. The van der Waals surface area contributed by atoms with Gasteiger partial charge in [0, 0.05) is 25.0 Å². The van der Waals surface area contributed by atoms with Crippen LogP contribution in [0, 0.1) is 0 Å². The van der Waals surface area contributed by atoms with E-state index in [0.717, 1.165) is 13.0 Å². The van der Waals surface area contributed by atoms with Crippen LogP contribution in [0.3, 0.4) is 0 Å². The third-order valence-corrected chi connectivity index (χ3v) is 3.51. The van der Waals surface area contributed by atoms with Gasteiger partial charge in [0.25, 0.3) is 0 Å². The second-order valence-electron chi connectivity index (χ2n) is 5.13. The van der Waals surface area contributed by atoms with Crippen LogP contribution in [-0.4, -0.2) is 22.4 Å². The molecule has 1 atom stereocenters. The zero-order chi connectivity index (χ0) is 13.2. The molecule has 0 spiro atoms. The molecule has 0 radical (unpaired) electrons. The van der Waals surface area contributed by atoms with Gasteiger partial charge in [0.15, 0.2) is 0 Å². The fraction of sp³-hybridized carbons (Fsp3) is 0.800. The summed E-state index contributed by atoms with van der Waals surface area (Å²) in [5.74, 6) is 0. The Morgan fingerprint density at radius 3 is 2.67 bits per heavy atom. The normalized spacial score (nSPS) is 12.8. The van der Waals surface area contributed by atoms with Gasteiger partial charge >= 0.3 is 0 Å². The molecule has 1 rings (SSSR count). The molecule has 3 heteroatoms. The van der Waals surface area contributed by atoms with Gasteiger partial charge in [-0.15, -0.1) is 0 Å². The van der Waals surface area contributed by atoms with Gasteiger partial charge in [-0.2, -0.15) is 5.10 Å². The highest BCUT2D eigenvalue weighted by Crippen LogP contribution is 2.10. The van der Waals surface area contributed by atoms with Crippen LogP contribution in [0.15, 0.2) is 12.3 Å². The predicted molar refractivity (Wildman–Crippen MR) is 77.8 cm³/mol. The lowest BCUT2D eigenvalue weighted by atomic mass is 10.0. The summed E-state index contributed by atoms with van der Waals surface area (Å²) in [7, 11) is 2.03. The molecule has 0 aliphatic rings. The minimum atomic E-state index is 0.673. The van der Waals surface area contributed by atoms with Crippen LogP contribution in [0.5, 0.6) is 0 Å². The van der Waals surface area contributed by atoms with Crippen molar-refractivity contribution in [1.29, 1.82) is 0 Å². The molecule has 1 heterocycles. The topological polar surface area (TPSA) is 29.9 Å². The van der Waals surface area contributed by atoms with E-state index in [2.05, 4.69) is 30.3 Å². The summed E-state index contributed by atoms with van der Waals surface area (Å²) >= 11 is 0. The van der Waals surface area contributed by atoms with E-state index in [1.165, 1.54) is 44.2 Å². The predicted octanol–water partition coefficient (Wildman–Crippen LogP) is 3.30. The molecule has 0 aliphatic carbocycles. The molecular weight excluding hydrogens is 222 g/mol. The lowest BCUT2D eigenvalue weighted by molar-refractivity contribution is 0.431. The highest BCUT2D eigenvalue weighted by atomic mass is 15.2. The second-order valence-corrected chi connectivity index (χ2v) is 5.13. The van der Waals surface area contributed by atoms with Crippen molar-refractivity contribution >= 4 is 0 Å². The van der Waals surface area contributed by atoms with Crippen molar-refractivity contribution in [1.82, 2.24) is 15.1 Å². The van der Waals surface area contributed by atoms with E-state index in [4.69, 9.17) is 0 Å². The quantitative estimate of drug-likeness (QED) is 0.647. The summed E-state index contributed by atoms with van der Waals surface area (Å²) in [4.78, 5) is 0. The highest BCUT2D eigenvalue weighted by Gasteiger charge is 2.09. The summed E-state index contributed by atoms with van der Waals surface area (Å²) in [5, 5.41) is 7.91. The Labute approximate surface area is 112 Å². The number of hydrogen-bond acceptors (Lipinski definition) is 2. The van der Waals surface area contributed by atoms with Crippen molar-refractivity contribution in [3.63, 3.8) is 0 Å². The van der Waals surface area contributed by atoms with Crippen molar-refractivity contribution < 1.29 is 0 Å². The maximum absolute atomic E-state index is 4.23. The van der Waals surface area contributed by atoms with Crippen molar-refractivity contribution in [2.75, 3.05) is 6.54 Å². The average molecular weight is 251 g/mol. The van der Waals surface area contributed by atoms with Crippen LogP contribution in [0.4, 0.5) is 0 Å². The number of aromatic nitrogens is 2. The SMILES string of the molecule is CCCCCC(CCc1ccnn1C)NCCC. The minimum absolute atomic E-state index is 0.673. The third-order valence-electron chi connectivity index (χ3n) is 3.51. The molecule has 0 saturated heterocycles. The molecule has 1 aromatic rings. The Bertz CT molecular complexity index is 306. The molecule has 1 aromatic heterocycles. The Morgan fingerprint density at radius 1 is 1.22 bits per heavy atom. The maximum atomic E-state index is 4.23. The average Bonchev–Trinajstić information content (AvgIpc) is 2.78. The Balaban J connectivity index is 2.32. The van der Waals surface area contributed by atoms with Crippen LogP contribution in [-0.2, 0) is 13.5 Å². The number of nitrogens with zero attached hydrogens (tertiary/aromatic N) is 2. The first-order valence-electron chi connectivity index (χ1n) is 7.48. The van der Waals surface area contributed by atoms with Gasteiger partial charge in [-0.25, -0.2) is 0 Å². The van der Waals surface area contributed by atoms with Gasteiger partial charge in [-0.05, 0) is 38.3 Å². The molecule has 0 amide bonds. The number of rotatable bonds is 10. The monoisotopic (exact) mass is 251 g/mol. The third kappa shape index (κ3) is 5.67. The van der Waals surface area contributed by atoms with Crippen LogP contribution in [0.2, 0.25) is 0 Å². The molecule has 104 valence electrons. The molecule has 18 heavy (non-hydrogen) atoms. The lowest BCUT2D eigenvalue weighted by Crippen LogP contribution is -2.30.